The average molecular weight is 508 g/mol. The molecule has 2 aromatic carbocycles. The molecule has 1 aromatic heterocycles. The van der Waals surface area contributed by atoms with Gasteiger partial charge in [0.2, 0.25) is 11.8 Å². The van der Waals surface area contributed by atoms with Gasteiger partial charge in [-0.15, -0.1) is 0 Å². The zero-order valence-electron chi connectivity index (χ0n) is 19.6. The van der Waals surface area contributed by atoms with Crippen LogP contribution in [-0.2, 0) is 16.0 Å². The summed E-state index contributed by atoms with van der Waals surface area (Å²) in [6, 6.07) is 14.3. The zero-order chi connectivity index (χ0) is 25.7. The highest BCUT2D eigenvalue weighted by molar-refractivity contribution is 6.30. The minimum atomic E-state index is -0.988. The van der Waals surface area contributed by atoms with Crippen LogP contribution in [0.1, 0.15) is 28.9 Å². The number of ether oxygens (including phenoxy) is 1. The second kappa shape index (κ2) is 11.1. The van der Waals surface area contributed by atoms with Crippen LogP contribution in [-0.4, -0.2) is 48.4 Å². The molecular formula is C26H26ClN5O4. The third kappa shape index (κ3) is 5.78. The molecule has 0 bridgehead atoms. The summed E-state index contributed by atoms with van der Waals surface area (Å²) in [6.07, 6.45) is 0.969. The van der Waals surface area contributed by atoms with Gasteiger partial charge in [0.1, 0.15) is 23.5 Å². The number of halogens is 1. The number of aromatic nitrogens is 1. The molecule has 3 amide bonds. The molecular weight excluding hydrogens is 482 g/mol. The maximum Gasteiger partial charge on any atom is 0.268 e. The summed E-state index contributed by atoms with van der Waals surface area (Å²) in [5.74, 6) is -0.857. The van der Waals surface area contributed by atoms with E-state index in [4.69, 9.17) is 16.3 Å². The minimum absolute atomic E-state index is 0.123. The number of H-pyrrole nitrogens is 1. The molecule has 10 heteroatoms. The number of carbonyl (C=O) groups is 3. The van der Waals surface area contributed by atoms with Gasteiger partial charge in [-0.1, -0.05) is 29.8 Å². The molecule has 2 heterocycles. The van der Waals surface area contributed by atoms with Crippen LogP contribution in [0.5, 0.6) is 5.75 Å². The van der Waals surface area contributed by atoms with Gasteiger partial charge in [0.15, 0.2) is 0 Å². The van der Waals surface area contributed by atoms with E-state index in [9.17, 15) is 19.6 Å². The van der Waals surface area contributed by atoms with E-state index in [2.05, 4.69) is 27.0 Å². The predicted molar refractivity (Wildman–Crippen MR) is 135 cm³/mol. The SMILES string of the molecule is COc1cccc2[nH]c(C(=O)NC(Cc3cccc(Cl)c3)C(=O)NC(C#N)CC3CCNC3=O)cc12. The van der Waals surface area contributed by atoms with E-state index in [1.54, 1.807) is 49.6 Å². The van der Waals surface area contributed by atoms with Gasteiger partial charge in [0.05, 0.1) is 13.2 Å². The van der Waals surface area contributed by atoms with Gasteiger partial charge in [-0.05, 0) is 48.7 Å². The van der Waals surface area contributed by atoms with E-state index in [-0.39, 0.29) is 30.4 Å². The Morgan fingerprint density at radius 1 is 1.22 bits per heavy atom. The van der Waals surface area contributed by atoms with Crippen molar-refractivity contribution in [2.75, 3.05) is 13.7 Å². The van der Waals surface area contributed by atoms with Crippen molar-refractivity contribution in [2.24, 2.45) is 5.92 Å². The van der Waals surface area contributed by atoms with Crippen molar-refractivity contribution in [1.82, 2.24) is 20.9 Å². The lowest BCUT2D eigenvalue weighted by Crippen LogP contribution is -2.51. The number of hydrogen-bond donors (Lipinski definition) is 4. The Morgan fingerprint density at radius 2 is 2.03 bits per heavy atom. The van der Waals surface area contributed by atoms with Gasteiger partial charge < -0.3 is 25.7 Å². The summed E-state index contributed by atoms with van der Waals surface area (Å²) < 4.78 is 5.36. The largest absolute Gasteiger partial charge is 0.496 e. The molecule has 0 radical (unpaired) electrons. The number of rotatable bonds is 9. The van der Waals surface area contributed by atoms with Gasteiger partial charge in [-0.3, -0.25) is 14.4 Å². The average Bonchev–Trinajstić information content (AvgIpc) is 3.49. The molecule has 9 nitrogen and oxygen atoms in total. The van der Waals surface area contributed by atoms with Gasteiger partial charge in [0.25, 0.3) is 5.91 Å². The topological polar surface area (TPSA) is 136 Å². The molecule has 1 fully saturated rings. The fourth-order valence-corrected chi connectivity index (χ4v) is 4.56. The molecule has 0 aliphatic carbocycles. The van der Waals surface area contributed by atoms with E-state index >= 15 is 0 Å². The molecule has 0 saturated carbocycles. The summed E-state index contributed by atoms with van der Waals surface area (Å²) in [5, 5.41) is 19.0. The first-order valence-corrected chi connectivity index (χ1v) is 11.9. The lowest BCUT2D eigenvalue weighted by atomic mass is 9.98. The number of hydrogen-bond acceptors (Lipinski definition) is 5. The molecule has 1 aliphatic rings. The minimum Gasteiger partial charge on any atom is -0.496 e. The van der Waals surface area contributed by atoms with Crippen LogP contribution in [0.4, 0.5) is 0 Å². The molecule has 3 unspecified atom stereocenters. The van der Waals surface area contributed by atoms with Crippen molar-refractivity contribution >= 4 is 40.2 Å². The Bertz CT molecular complexity index is 1330. The number of nitrogens with one attached hydrogen (secondary N) is 4. The Kier molecular flexibility index (Phi) is 7.76. The van der Waals surface area contributed by atoms with Crippen LogP contribution in [0.3, 0.4) is 0 Å². The maximum atomic E-state index is 13.3. The van der Waals surface area contributed by atoms with Crippen LogP contribution in [0.25, 0.3) is 10.9 Å². The maximum absolute atomic E-state index is 13.3. The Hall–Kier alpha value is -4.03. The zero-order valence-corrected chi connectivity index (χ0v) is 20.4. The van der Waals surface area contributed by atoms with Crippen LogP contribution >= 0.6 is 11.6 Å². The molecule has 36 heavy (non-hydrogen) atoms. The van der Waals surface area contributed by atoms with Crippen molar-refractivity contribution in [3.63, 3.8) is 0 Å². The van der Waals surface area contributed by atoms with Crippen molar-refractivity contribution < 1.29 is 19.1 Å². The molecule has 0 spiro atoms. The number of fused-ring (bicyclic) bond motifs is 1. The van der Waals surface area contributed by atoms with E-state index in [1.165, 1.54) is 0 Å². The number of amides is 3. The number of nitrogens with zero attached hydrogens (tertiary/aromatic N) is 1. The quantitative estimate of drug-likeness (QED) is 0.353. The van der Waals surface area contributed by atoms with Crippen molar-refractivity contribution in [3.05, 3.63) is 64.8 Å². The number of aromatic amines is 1. The highest BCUT2D eigenvalue weighted by atomic mass is 35.5. The molecule has 186 valence electrons. The Labute approximate surface area is 213 Å². The van der Waals surface area contributed by atoms with E-state index in [0.717, 1.165) is 16.5 Å². The third-order valence-electron chi connectivity index (χ3n) is 6.19. The standard InChI is InChI=1S/C26H26ClN5O4/c1-36-23-7-3-6-20-19(23)13-22(31-20)26(35)32-21(11-15-4-2-5-17(27)10-15)25(34)30-18(14-28)12-16-8-9-29-24(16)33/h2-7,10,13,16,18,21,31H,8-9,11-12H2,1H3,(H,29,33)(H,30,34)(H,32,35). The summed E-state index contributed by atoms with van der Waals surface area (Å²) in [6.45, 7) is 0.554. The summed E-state index contributed by atoms with van der Waals surface area (Å²) in [7, 11) is 1.55. The molecule has 3 atom stereocenters. The lowest BCUT2D eigenvalue weighted by Gasteiger charge is -2.21. The van der Waals surface area contributed by atoms with Crippen molar-refractivity contribution in [1.29, 1.82) is 5.26 Å². The molecule has 3 aromatic rings. The van der Waals surface area contributed by atoms with Gasteiger partial charge in [-0.25, -0.2) is 0 Å². The van der Waals surface area contributed by atoms with Crippen LogP contribution in [0.2, 0.25) is 5.02 Å². The number of carbonyl (C=O) groups excluding carboxylic acids is 3. The lowest BCUT2D eigenvalue weighted by molar-refractivity contribution is -0.125. The second-order valence-electron chi connectivity index (χ2n) is 8.67. The summed E-state index contributed by atoms with van der Waals surface area (Å²) >= 11 is 6.11. The smallest absolute Gasteiger partial charge is 0.268 e. The highest BCUT2D eigenvalue weighted by Crippen LogP contribution is 2.26. The van der Waals surface area contributed by atoms with Gasteiger partial charge >= 0.3 is 0 Å². The first-order valence-electron chi connectivity index (χ1n) is 11.6. The predicted octanol–water partition coefficient (Wildman–Crippen LogP) is 2.71. The second-order valence-corrected chi connectivity index (χ2v) is 9.10. The van der Waals surface area contributed by atoms with Gasteiger partial charge in [0, 0.05) is 34.8 Å². The van der Waals surface area contributed by atoms with Gasteiger partial charge in [-0.2, -0.15) is 5.26 Å². The van der Waals surface area contributed by atoms with Crippen molar-refractivity contribution in [2.45, 2.75) is 31.3 Å². The molecule has 1 saturated heterocycles. The number of nitriles is 1. The molecule has 4 N–H and O–H groups in total. The van der Waals surface area contributed by atoms with Crippen molar-refractivity contribution in [3.8, 4) is 11.8 Å². The summed E-state index contributed by atoms with van der Waals surface area (Å²) in [4.78, 5) is 41.4. The normalized spacial score (nSPS) is 16.6. The number of benzene rings is 2. The first kappa shape index (κ1) is 25.1. The monoisotopic (exact) mass is 507 g/mol. The molecule has 4 rings (SSSR count). The Balaban J connectivity index is 1.54. The first-order chi connectivity index (χ1) is 17.4. The summed E-state index contributed by atoms with van der Waals surface area (Å²) in [5.41, 5.74) is 1.72. The van der Waals surface area contributed by atoms with E-state index in [0.29, 0.717) is 23.7 Å². The fourth-order valence-electron chi connectivity index (χ4n) is 4.34. The van der Waals surface area contributed by atoms with E-state index in [1.807, 2.05) is 6.07 Å². The van der Waals surface area contributed by atoms with Crippen LogP contribution < -0.4 is 20.7 Å². The van der Waals surface area contributed by atoms with Crippen LogP contribution in [0.15, 0.2) is 48.5 Å². The van der Waals surface area contributed by atoms with E-state index < -0.39 is 23.9 Å². The number of methoxy groups -OCH3 is 1. The Morgan fingerprint density at radius 3 is 2.72 bits per heavy atom. The van der Waals surface area contributed by atoms with Crippen LogP contribution in [0, 0.1) is 17.2 Å². The fraction of sp³-hybridized carbons (Fsp3) is 0.308. The highest BCUT2D eigenvalue weighted by Gasteiger charge is 2.30. The molecule has 1 aliphatic heterocycles. The third-order valence-corrected chi connectivity index (χ3v) is 6.43.